The zero-order chi connectivity index (χ0) is 13.1. The molecule has 1 aromatic rings. The normalized spacial score (nSPS) is 11.2. The molecule has 0 aliphatic rings. The largest absolute Gasteiger partial charge is 0.350 e. The first-order chi connectivity index (χ1) is 7.88. The maximum Gasteiger partial charge on any atom is 0.333 e. The summed E-state index contributed by atoms with van der Waals surface area (Å²) in [5.41, 5.74) is 5.36. The summed E-state index contributed by atoms with van der Waals surface area (Å²) >= 11 is 3.23. The molecule has 0 radical (unpaired) electrons. The van der Waals surface area contributed by atoms with Gasteiger partial charge in [0.1, 0.15) is 0 Å². The second kappa shape index (κ2) is 5.50. The van der Waals surface area contributed by atoms with E-state index >= 15 is 0 Å². The van der Waals surface area contributed by atoms with Crippen LogP contribution >= 0.6 is 15.9 Å². The Labute approximate surface area is 109 Å². The van der Waals surface area contributed by atoms with Crippen LogP contribution in [0.15, 0.2) is 28.7 Å². The van der Waals surface area contributed by atoms with Gasteiger partial charge in [0.2, 0.25) is 10.0 Å². The molecule has 2 amide bonds. The fourth-order valence-electron chi connectivity index (χ4n) is 1.35. The lowest BCUT2D eigenvalue weighted by molar-refractivity contribution is 0.257. The SMILES string of the molecule is CCCS(=O)(=O)N(C(N)=O)c1ccc(Br)cc1. The van der Waals surface area contributed by atoms with E-state index in [0.717, 1.165) is 4.47 Å². The summed E-state index contributed by atoms with van der Waals surface area (Å²) in [5, 5.41) is 0. The predicted octanol–water partition coefficient (Wildman–Crippen LogP) is 2.07. The smallest absolute Gasteiger partial charge is 0.333 e. The minimum Gasteiger partial charge on any atom is -0.350 e. The van der Waals surface area contributed by atoms with Crippen molar-refractivity contribution < 1.29 is 13.2 Å². The van der Waals surface area contributed by atoms with Gasteiger partial charge in [-0.2, -0.15) is 4.31 Å². The van der Waals surface area contributed by atoms with Crippen molar-refractivity contribution in [1.29, 1.82) is 0 Å². The number of hydrogen-bond donors (Lipinski definition) is 1. The first kappa shape index (κ1) is 14.0. The topological polar surface area (TPSA) is 80.5 Å². The molecule has 0 fully saturated rings. The minimum atomic E-state index is -3.69. The van der Waals surface area contributed by atoms with Crippen LogP contribution in [0.25, 0.3) is 0 Å². The van der Waals surface area contributed by atoms with Crippen molar-refractivity contribution in [1.82, 2.24) is 0 Å². The van der Waals surface area contributed by atoms with Crippen molar-refractivity contribution in [2.75, 3.05) is 10.1 Å². The van der Waals surface area contributed by atoms with Gasteiger partial charge in [0, 0.05) is 4.47 Å². The van der Waals surface area contributed by atoms with E-state index in [1.165, 1.54) is 12.1 Å². The first-order valence-electron chi connectivity index (χ1n) is 4.96. The summed E-state index contributed by atoms with van der Waals surface area (Å²) in [6.45, 7) is 1.72. The van der Waals surface area contributed by atoms with E-state index in [-0.39, 0.29) is 11.4 Å². The summed E-state index contributed by atoms with van der Waals surface area (Å²) in [4.78, 5) is 11.3. The summed E-state index contributed by atoms with van der Waals surface area (Å²) in [6, 6.07) is 5.32. The Morgan fingerprint density at radius 2 is 1.88 bits per heavy atom. The second-order valence-electron chi connectivity index (χ2n) is 3.40. The Bertz CT molecular complexity index is 499. The number of primary amides is 1. The molecular weight excluding hydrogens is 308 g/mol. The van der Waals surface area contributed by atoms with Crippen LogP contribution in [0.4, 0.5) is 10.5 Å². The Morgan fingerprint density at radius 3 is 2.29 bits per heavy atom. The van der Waals surface area contributed by atoms with E-state index in [4.69, 9.17) is 5.73 Å². The fourth-order valence-corrected chi connectivity index (χ4v) is 3.03. The third kappa shape index (κ3) is 3.44. The number of sulfonamides is 1. The number of anilines is 1. The molecule has 5 nitrogen and oxygen atoms in total. The highest BCUT2D eigenvalue weighted by molar-refractivity contribution is 9.10. The van der Waals surface area contributed by atoms with Gasteiger partial charge in [-0.05, 0) is 30.7 Å². The van der Waals surface area contributed by atoms with Crippen LogP contribution in [-0.4, -0.2) is 20.2 Å². The van der Waals surface area contributed by atoms with Crippen molar-refractivity contribution in [3.63, 3.8) is 0 Å². The average Bonchev–Trinajstić information content (AvgIpc) is 2.20. The number of carbonyl (C=O) groups excluding carboxylic acids is 1. The third-order valence-corrected chi connectivity index (χ3v) is 4.40. The molecule has 0 aliphatic carbocycles. The van der Waals surface area contributed by atoms with Gasteiger partial charge < -0.3 is 5.73 Å². The summed E-state index contributed by atoms with van der Waals surface area (Å²) in [6.07, 6.45) is 0.419. The standard InChI is InChI=1S/C10H13BrN2O3S/c1-2-7-17(15,16)13(10(12)14)9-5-3-8(11)4-6-9/h3-6H,2,7H2,1H3,(H2,12,14). The lowest BCUT2D eigenvalue weighted by Crippen LogP contribution is -2.42. The van der Waals surface area contributed by atoms with Crippen LogP contribution in [0.1, 0.15) is 13.3 Å². The van der Waals surface area contributed by atoms with E-state index in [1.54, 1.807) is 19.1 Å². The predicted molar refractivity (Wildman–Crippen MR) is 70.3 cm³/mol. The third-order valence-electron chi connectivity index (χ3n) is 2.00. The molecule has 0 aromatic heterocycles. The Hall–Kier alpha value is -1.08. The van der Waals surface area contributed by atoms with E-state index in [1.807, 2.05) is 0 Å². The molecule has 0 spiro atoms. The number of nitrogens with zero attached hydrogens (tertiary/aromatic N) is 1. The molecule has 17 heavy (non-hydrogen) atoms. The van der Waals surface area contributed by atoms with Crippen LogP contribution in [0.2, 0.25) is 0 Å². The highest BCUT2D eigenvalue weighted by Crippen LogP contribution is 2.21. The lowest BCUT2D eigenvalue weighted by atomic mass is 10.3. The van der Waals surface area contributed by atoms with Crippen LogP contribution in [-0.2, 0) is 10.0 Å². The molecule has 0 heterocycles. The molecule has 0 aliphatic heterocycles. The Morgan fingerprint density at radius 1 is 1.35 bits per heavy atom. The Kier molecular flexibility index (Phi) is 4.53. The van der Waals surface area contributed by atoms with Crippen LogP contribution in [0, 0.1) is 0 Å². The van der Waals surface area contributed by atoms with E-state index in [9.17, 15) is 13.2 Å². The molecule has 0 atom stereocenters. The summed E-state index contributed by atoms with van der Waals surface area (Å²) in [7, 11) is -3.69. The molecule has 0 saturated carbocycles. The van der Waals surface area contributed by atoms with Gasteiger partial charge in [0.25, 0.3) is 0 Å². The molecule has 1 aromatic carbocycles. The fraction of sp³-hybridized carbons (Fsp3) is 0.300. The number of carbonyl (C=O) groups is 1. The zero-order valence-electron chi connectivity index (χ0n) is 9.26. The van der Waals surface area contributed by atoms with Crippen molar-refractivity contribution in [2.24, 2.45) is 5.73 Å². The van der Waals surface area contributed by atoms with Crippen LogP contribution in [0.5, 0.6) is 0 Å². The molecule has 0 unspecified atom stereocenters. The van der Waals surface area contributed by atoms with Gasteiger partial charge in [-0.15, -0.1) is 0 Å². The van der Waals surface area contributed by atoms with E-state index in [2.05, 4.69) is 15.9 Å². The van der Waals surface area contributed by atoms with Crippen molar-refractivity contribution in [3.05, 3.63) is 28.7 Å². The van der Waals surface area contributed by atoms with Crippen molar-refractivity contribution in [2.45, 2.75) is 13.3 Å². The van der Waals surface area contributed by atoms with Crippen molar-refractivity contribution in [3.8, 4) is 0 Å². The maximum atomic E-state index is 11.9. The van der Waals surface area contributed by atoms with Crippen LogP contribution < -0.4 is 10.0 Å². The van der Waals surface area contributed by atoms with E-state index in [0.29, 0.717) is 10.7 Å². The zero-order valence-corrected chi connectivity index (χ0v) is 11.7. The second-order valence-corrected chi connectivity index (χ2v) is 6.25. The molecular formula is C10H13BrN2O3S. The number of benzene rings is 1. The summed E-state index contributed by atoms with van der Waals surface area (Å²) in [5.74, 6) is -0.119. The van der Waals surface area contributed by atoms with Gasteiger partial charge in [0.05, 0.1) is 11.4 Å². The van der Waals surface area contributed by atoms with Gasteiger partial charge in [-0.25, -0.2) is 13.2 Å². The molecule has 0 saturated heterocycles. The summed E-state index contributed by atoms with van der Waals surface area (Å²) < 4.78 is 25.2. The van der Waals surface area contributed by atoms with Gasteiger partial charge in [-0.3, -0.25) is 0 Å². The molecule has 94 valence electrons. The molecule has 1 rings (SSSR count). The number of urea groups is 1. The number of hydrogen-bond acceptors (Lipinski definition) is 3. The van der Waals surface area contributed by atoms with Gasteiger partial charge in [-0.1, -0.05) is 22.9 Å². The van der Waals surface area contributed by atoms with E-state index < -0.39 is 16.1 Å². The monoisotopic (exact) mass is 320 g/mol. The lowest BCUT2D eigenvalue weighted by Gasteiger charge is -2.19. The number of rotatable bonds is 4. The highest BCUT2D eigenvalue weighted by Gasteiger charge is 2.26. The Balaban J connectivity index is 3.19. The first-order valence-corrected chi connectivity index (χ1v) is 7.36. The molecule has 7 heteroatoms. The van der Waals surface area contributed by atoms with Crippen molar-refractivity contribution >= 4 is 37.7 Å². The number of halogens is 1. The average molecular weight is 321 g/mol. The van der Waals surface area contributed by atoms with Gasteiger partial charge in [0.15, 0.2) is 0 Å². The highest BCUT2D eigenvalue weighted by atomic mass is 79.9. The quantitative estimate of drug-likeness (QED) is 0.922. The minimum absolute atomic E-state index is 0.119. The molecule has 0 bridgehead atoms. The molecule has 2 N–H and O–H groups in total. The van der Waals surface area contributed by atoms with Gasteiger partial charge >= 0.3 is 6.03 Å². The number of nitrogens with two attached hydrogens (primary N) is 1. The number of amides is 2. The maximum absolute atomic E-state index is 11.9. The van der Waals surface area contributed by atoms with Crippen LogP contribution in [0.3, 0.4) is 0 Å².